The third-order valence-corrected chi connectivity index (χ3v) is 5.59. The second-order valence-electron chi connectivity index (χ2n) is 7.84. The van der Waals surface area contributed by atoms with Crippen LogP contribution < -0.4 is 10.5 Å². The number of imidazole rings is 1. The maximum atomic E-state index is 12.7. The summed E-state index contributed by atoms with van der Waals surface area (Å²) < 4.78 is 55.0. The third kappa shape index (κ3) is 5.40. The summed E-state index contributed by atoms with van der Waals surface area (Å²) in [5.74, 6) is -0.0394. The fourth-order valence-electron chi connectivity index (χ4n) is 3.85. The highest BCUT2D eigenvalue weighted by atomic mass is 19.4. The molecule has 32 heavy (non-hydrogen) atoms. The van der Waals surface area contributed by atoms with Gasteiger partial charge in [-0.05, 0) is 12.5 Å². The molecule has 0 aliphatic carbocycles. The number of rotatable bonds is 7. The highest BCUT2D eigenvalue weighted by Crippen LogP contribution is 2.34. The Kier molecular flexibility index (Phi) is 6.68. The van der Waals surface area contributed by atoms with Crippen molar-refractivity contribution in [3.05, 3.63) is 30.9 Å². The van der Waals surface area contributed by atoms with Gasteiger partial charge in [0.2, 0.25) is 0 Å². The highest BCUT2D eigenvalue weighted by Gasteiger charge is 2.32. The van der Waals surface area contributed by atoms with Crippen molar-refractivity contribution < 1.29 is 27.4 Å². The first-order valence-electron chi connectivity index (χ1n) is 10.5. The largest absolute Gasteiger partial charge is 0.573 e. The monoisotopic (exact) mass is 453 g/mol. The summed E-state index contributed by atoms with van der Waals surface area (Å²) in [7, 11) is 0. The highest BCUT2D eigenvalue weighted by molar-refractivity contribution is 5.65. The molecular weight excluding hydrogens is 427 g/mol. The normalized spacial score (nSPS) is 19.9. The number of ether oxygens (including phenoxy) is 3. The van der Waals surface area contributed by atoms with Crippen LogP contribution in [-0.4, -0.2) is 71.9 Å². The molecule has 0 spiro atoms. The minimum absolute atomic E-state index is 0.0801. The van der Waals surface area contributed by atoms with E-state index in [0.717, 1.165) is 57.2 Å². The van der Waals surface area contributed by atoms with Gasteiger partial charge in [0.25, 0.3) is 0 Å². The van der Waals surface area contributed by atoms with Crippen molar-refractivity contribution in [1.29, 1.82) is 0 Å². The van der Waals surface area contributed by atoms with Crippen molar-refractivity contribution >= 4 is 11.5 Å². The maximum Gasteiger partial charge on any atom is 0.573 e. The van der Waals surface area contributed by atoms with E-state index in [1.807, 2.05) is 4.57 Å². The number of hydrogen-bond donors (Lipinski definition) is 1. The lowest BCUT2D eigenvalue weighted by atomic mass is 10.1. The lowest BCUT2D eigenvalue weighted by molar-refractivity contribution is -0.274. The molecule has 8 nitrogen and oxygen atoms in total. The second kappa shape index (κ2) is 9.47. The van der Waals surface area contributed by atoms with Crippen LogP contribution in [0.15, 0.2) is 25.0 Å². The zero-order valence-electron chi connectivity index (χ0n) is 17.6. The molecule has 4 heterocycles. The van der Waals surface area contributed by atoms with Crippen molar-refractivity contribution in [3.63, 3.8) is 0 Å². The predicted octanol–water partition coefficient (Wildman–Crippen LogP) is 3.12. The molecule has 174 valence electrons. The summed E-state index contributed by atoms with van der Waals surface area (Å²) >= 11 is 0. The first-order chi connectivity index (χ1) is 15.3. The van der Waals surface area contributed by atoms with Gasteiger partial charge in [-0.1, -0.05) is 6.58 Å². The summed E-state index contributed by atoms with van der Waals surface area (Å²) in [6, 6.07) is 1.20. The molecule has 1 unspecified atom stereocenters. The molecule has 2 saturated heterocycles. The van der Waals surface area contributed by atoms with Crippen LogP contribution in [0.4, 0.5) is 19.0 Å². The van der Waals surface area contributed by atoms with E-state index in [2.05, 4.69) is 21.2 Å². The fourth-order valence-corrected chi connectivity index (χ4v) is 3.85. The number of pyridine rings is 1. The number of anilines is 1. The standard InChI is InChI=1S/C21H26F3N5O3/c1-14(2-4-28-5-8-30-9-6-28)29-12-17(27-20(29)15-3-7-31-13-15)16-10-18(19(25)26-11-16)32-21(22,23)24/h10-12,15H,1-9,13H2,(H2,25,26). The molecule has 2 aromatic rings. The van der Waals surface area contributed by atoms with Crippen molar-refractivity contribution in [3.8, 4) is 17.0 Å². The molecule has 11 heteroatoms. The number of alkyl halides is 3. The van der Waals surface area contributed by atoms with Gasteiger partial charge in [0, 0.05) is 62.2 Å². The Hall–Kier alpha value is -2.63. The number of aromatic nitrogens is 3. The van der Waals surface area contributed by atoms with Crippen LogP contribution in [0.1, 0.15) is 24.6 Å². The van der Waals surface area contributed by atoms with Crippen LogP contribution in [0.25, 0.3) is 17.0 Å². The van der Waals surface area contributed by atoms with Crippen molar-refractivity contribution in [2.75, 3.05) is 51.8 Å². The molecule has 2 aromatic heterocycles. The zero-order chi connectivity index (χ0) is 22.7. The van der Waals surface area contributed by atoms with Crippen LogP contribution in [0, 0.1) is 0 Å². The number of nitrogens with zero attached hydrogens (tertiary/aromatic N) is 4. The summed E-state index contributed by atoms with van der Waals surface area (Å²) in [5, 5.41) is 0. The van der Waals surface area contributed by atoms with E-state index < -0.39 is 12.1 Å². The van der Waals surface area contributed by atoms with Gasteiger partial charge in [-0.3, -0.25) is 4.90 Å². The molecule has 0 amide bonds. The number of morpholine rings is 1. The molecule has 0 saturated carbocycles. The topological polar surface area (TPSA) is 87.7 Å². The van der Waals surface area contributed by atoms with E-state index in [1.165, 1.54) is 12.3 Å². The number of halogens is 3. The summed E-state index contributed by atoms with van der Waals surface area (Å²) in [6.45, 7) is 9.46. The van der Waals surface area contributed by atoms with E-state index in [1.54, 1.807) is 6.20 Å². The average molecular weight is 453 g/mol. The smallest absolute Gasteiger partial charge is 0.402 e. The van der Waals surface area contributed by atoms with Gasteiger partial charge in [0.1, 0.15) is 5.82 Å². The minimum atomic E-state index is -4.87. The summed E-state index contributed by atoms with van der Waals surface area (Å²) in [6.07, 6.45) is -0.168. The van der Waals surface area contributed by atoms with Gasteiger partial charge in [0.15, 0.2) is 11.6 Å². The van der Waals surface area contributed by atoms with Crippen LogP contribution >= 0.6 is 0 Å². The van der Waals surface area contributed by atoms with E-state index in [4.69, 9.17) is 20.2 Å². The minimum Gasteiger partial charge on any atom is -0.402 e. The summed E-state index contributed by atoms with van der Waals surface area (Å²) in [5.41, 5.74) is 7.26. The van der Waals surface area contributed by atoms with Crippen LogP contribution in [-0.2, 0) is 9.47 Å². The molecular formula is C21H26F3N5O3. The SMILES string of the molecule is C=C(CCN1CCOCC1)n1cc(-c2cnc(N)c(OC(F)(F)F)c2)nc1C1CCOC1. The number of hydrogen-bond acceptors (Lipinski definition) is 7. The fraction of sp³-hybridized carbons (Fsp3) is 0.524. The van der Waals surface area contributed by atoms with E-state index in [-0.39, 0.29) is 11.7 Å². The lowest BCUT2D eigenvalue weighted by Gasteiger charge is -2.27. The lowest BCUT2D eigenvalue weighted by Crippen LogP contribution is -2.37. The molecule has 2 N–H and O–H groups in total. The van der Waals surface area contributed by atoms with E-state index in [0.29, 0.717) is 24.5 Å². The van der Waals surface area contributed by atoms with Gasteiger partial charge < -0.3 is 24.5 Å². The Balaban J connectivity index is 1.59. The molecule has 0 aromatic carbocycles. The van der Waals surface area contributed by atoms with Gasteiger partial charge >= 0.3 is 6.36 Å². The van der Waals surface area contributed by atoms with Crippen molar-refractivity contribution in [1.82, 2.24) is 19.4 Å². The third-order valence-electron chi connectivity index (χ3n) is 5.59. The Morgan fingerprint density at radius 3 is 2.72 bits per heavy atom. The Morgan fingerprint density at radius 2 is 2.03 bits per heavy atom. The van der Waals surface area contributed by atoms with Crippen LogP contribution in [0.2, 0.25) is 0 Å². The van der Waals surface area contributed by atoms with Crippen LogP contribution in [0.5, 0.6) is 5.75 Å². The molecule has 2 aliphatic heterocycles. The quantitative estimate of drug-likeness (QED) is 0.689. The first kappa shape index (κ1) is 22.6. The number of nitrogens with two attached hydrogens (primary N) is 1. The molecule has 4 rings (SSSR count). The zero-order valence-corrected chi connectivity index (χ0v) is 17.6. The molecule has 0 radical (unpaired) electrons. The van der Waals surface area contributed by atoms with Crippen LogP contribution in [0.3, 0.4) is 0 Å². The van der Waals surface area contributed by atoms with E-state index in [9.17, 15) is 13.2 Å². The predicted molar refractivity (Wildman–Crippen MR) is 112 cm³/mol. The Labute approximate surface area is 183 Å². The van der Waals surface area contributed by atoms with Crippen molar-refractivity contribution in [2.24, 2.45) is 0 Å². The van der Waals surface area contributed by atoms with Gasteiger partial charge in [0.05, 0.1) is 25.5 Å². The van der Waals surface area contributed by atoms with Crippen molar-refractivity contribution in [2.45, 2.75) is 25.1 Å². The van der Waals surface area contributed by atoms with Gasteiger partial charge in [-0.15, -0.1) is 13.2 Å². The molecule has 0 bridgehead atoms. The average Bonchev–Trinajstić information content (AvgIpc) is 3.43. The molecule has 1 atom stereocenters. The number of nitrogen functional groups attached to an aromatic ring is 1. The first-order valence-corrected chi connectivity index (χ1v) is 10.5. The Morgan fingerprint density at radius 1 is 1.25 bits per heavy atom. The Bertz CT molecular complexity index is 951. The molecule has 2 aliphatic rings. The van der Waals surface area contributed by atoms with Gasteiger partial charge in [-0.2, -0.15) is 0 Å². The molecule has 2 fully saturated rings. The maximum absolute atomic E-state index is 12.7. The van der Waals surface area contributed by atoms with E-state index >= 15 is 0 Å². The summed E-state index contributed by atoms with van der Waals surface area (Å²) in [4.78, 5) is 10.9. The second-order valence-corrected chi connectivity index (χ2v) is 7.84. The van der Waals surface area contributed by atoms with Gasteiger partial charge in [-0.25, -0.2) is 9.97 Å².